The molecule has 1 nitrogen and oxygen atoms in total. The maximum absolute atomic E-state index is 13.8. The van der Waals surface area contributed by atoms with Crippen molar-refractivity contribution in [1.29, 1.82) is 0 Å². The minimum atomic E-state index is -0.0869. The lowest BCUT2D eigenvalue weighted by Gasteiger charge is -2.15. The van der Waals surface area contributed by atoms with Gasteiger partial charge in [0.05, 0.1) is 0 Å². The molecule has 1 saturated carbocycles. The van der Waals surface area contributed by atoms with Gasteiger partial charge in [-0.05, 0) is 43.0 Å². The molecule has 0 spiro atoms. The van der Waals surface area contributed by atoms with Crippen LogP contribution in [0.1, 0.15) is 24.0 Å². The highest BCUT2D eigenvalue weighted by molar-refractivity contribution is 9.10. The average Bonchev–Trinajstić information content (AvgIpc) is 2.92. The van der Waals surface area contributed by atoms with Crippen molar-refractivity contribution in [3.05, 3.63) is 33.5 Å². The standard InChI is InChI=1S/C11H13BrFN/c1-7-4-8(12)5-9(10(7)13)11(6-14)2-3-11/h4-5H,2-3,6,14H2,1H3. The molecule has 1 aliphatic rings. The Bertz CT molecular complexity index is 372. The first-order valence-electron chi connectivity index (χ1n) is 4.75. The second-order valence-electron chi connectivity index (χ2n) is 4.07. The Morgan fingerprint density at radius 1 is 1.50 bits per heavy atom. The highest BCUT2D eigenvalue weighted by Crippen LogP contribution is 2.49. The molecule has 0 bridgehead atoms. The van der Waals surface area contributed by atoms with Crippen LogP contribution in [0.4, 0.5) is 4.39 Å². The smallest absolute Gasteiger partial charge is 0.129 e. The summed E-state index contributed by atoms with van der Waals surface area (Å²) in [6.07, 6.45) is 2.02. The Labute approximate surface area is 91.6 Å². The normalized spacial score (nSPS) is 18.3. The van der Waals surface area contributed by atoms with Crippen molar-refractivity contribution in [2.75, 3.05) is 6.54 Å². The van der Waals surface area contributed by atoms with Crippen molar-refractivity contribution in [2.45, 2.75) is 25.2 Å². The van der Waals surface area contributed by atoms with E-state index in [-0.39, 0.29) is 11.2 Å². The first-order chi connectivity index (χ1) is 6.59. The quantitative estimate of drug-likeness (QED) is 0.867. The predicted octanol–water partition coefficient (Wildman–Crippen LogP) is 2.89. The van der Waals surface area contributed by atoms with Gasteiger partial charge in [0.1, 0.15) is 5.82 Å². The summed E-state index contributed by atoms with van der Waals surface area (Å²) in [7, 11) is 0. The van der Waals surface area contributed by atoms with Crippen LogP contribution < -0.4 is 5.73 Å². The number of hydrogen-bond acceptors (Lipinski definition) is 1. The van der Waals surface area contributed by atoms with E-state index in [9.17, 15) is 4.39 Å². The minimum Gasteiger partial charge on any atom is -0.330 e. The molecule has 14 heavy (non-hydrogen) atoms. The third kappa shape index (κ3) is 1.48. The maximum Gasteiger partial charge on any atom is 0.129 e. The van der Waals surface area contributed by atoms with Crippen LogP contribution in [-0.2, 0) is 5.41 Å². The molecule has 1 aromatic rings. The molecular weight excluding hydrogens is 245 g/mol. The van der Waals surface area contributed by atoms with Gasteiger partial charge >= 0.3 is 0 Å². The van der Waals surface area contributed by atoms with Crippen molar-refractivity contribution in [3.63, 3.8) is 0 Å². The van der Waals surface area contributed by atoms with Crippen LogP contribution >= 0.6 is 15.9 Å². The molecule has 3 heteroatoms. The van der Waals surface area contributed by atoms with Crippen molar-refractivity contribution in [1.82, 2.24) is 0 Å². The Hall–Kier alpha value is -0.410. The fourth-order valence-electron chi connectivity index (χ4n) is 1.85. The zero-order valence-corrected chi connectivity index (χ0v) is 9.70. The van der Waals surface area contributed by atoms with E-state index in [4.69, 9.17) is 5.73 Å². The second-order valence-corrected chi connectivity index (χ2v) is 4.98. The number of rotatable bonds is 2. The lowest BCUT2D eigenvalue weighted by molar-refractivity contribution is 0.565. The monoisotopic (exact) mass is 257 g/mol. The zero-order chi connectivity index (χ0) is 10.3. The third-order valence-electron chi connectivity index (χ3n) is 3.03. The van der Waals surface area contributed by atoms with Gasteiger partial charge in [0, 0.05) is 16.4 Å². The molecule has 0 saturated heterocycles. The van der Waals surface area contributed by atoms with E-state index in [1.54, 1.807) is 13.0 Å². The van der Waals surface area contributed by atoms with Gasteiger partial charge in [-0.15, -0.1) is 0 Å². The van der Waals surface area contributed by atoms with Gasteiger partial charge in [-0.25, -0.2) is 4.39 Å². The van der Waals surface area contributed by atoms with E-state index < -0.39 is 0 Å². The fraction of sp³-hybridized carbons (Fsp3) is 0.455. The lowest BCUT2D eigenvalue weighted by Crippen LogP contribution is -2.21. The molecule has 1 fully saturated rings. The number of hydrogen-bond donors (Lipinski definition) is 1. The van der Waals surface area contributed by atoms with Crippen LogP contribution in [0.15, 0.2) is 16.6 Å². The topological polar surface area (TPSA) is 26.0 Å². The van der Waals surface area contributed by atoms with Gasteiger partial charge in [0.25, 0.3) is 0 Å². The number of halogens is 2. The molecule has 0 unspecified atom stereocenters. The molecule has 0 radical (unpaired) electrons. The average molecular weight is 258 g/mol. The largest absolute Gasteiger partial charge is 0.330 e. The Balaban J connectivity index is 2.52. The molecular formula is C11H13BrFN. The molecule has 1 aromatic carbocycles. The Morgan fingerprint density at radius 3 is 2.64 bits per heavy atom. The van der Waals surface area contributed by atoms with E-state index in [0.717, 1.165) is 22.9 Å². The second kappa shape index (κ2) is 3.31. The minimum absolute atomic E-state index is 0.0708. The van der Waals surface area contributed by atoms with Gasteiger partial charge in [0.15, 0.2) is 0 Å². The summed E-state index contributed by atoms with van der Waals surface area (Å²) in [6.45, 7) is 2.33. The van der Waals surface area contributed by atoms with Gasteiger partial charge in [0.2, 0.25) is 0 Å². The van der Waals surface area contributed by atoms with Crippen LogP contribution in [0.25, 0.3) is 0 Å². The van der Waals surface area contributed by atoms with Crippen molar-refractivity contribution >= 4 is 15.9 Å². The van der Waals surface area contributed by atoms with E-state index in [0.29, 0.717) is 12.1 Å². The maximum atomic E-state index is 13.8. The third-order valence-corrected chi connectivity index (χ3v) is 3.49. The Kier molecular flexibility index (Phi) is 2.40. The summed E-state index contributed by atoms with van der Waals surface area (Å²) < 4.78 is 14.8. The number of nitrogens with two attached hydrogens (primary N) is 1. The van der Waals surface area contributed by atoms with Crippen LogP contribution in [0.2, 0.25) is 0 Å². The van der Waals surface area contributed by atoms with E-state index in [1.807, 2.05) is 6.07 Å². The molecule has 0 aromatic heterocycles. The molecule has 0 aliphatic heterocycles. The molecule has 2 rings (SSSR count). The van der Waals surface area contributed by atoms with E-state index in [1.165, 1.54) is 0 Å². The highest BCUT2D eigenvalue weighted by atomic mass is 79.9. The number of benzene rings is 1. The predicted molar refractivity (Wildman–Crippen MR) is 58.8 cm³/mol. The molecule has 76 valence electrons. The van der Waals surface area contributed by atoms with E-state index in [2.05, 4.69) is 15.9 Å². The summed E-state index contributed by atoms with van der Waals surface area (Å²) in [5, 5.41) is 0. The van der Waals surface area contributed by atoms with E-state index >= 15 is 0 Å². The SMILES string of the molecule is Cc1cc(Br)cc(C2(CN)CC2)c1F. The van der Waals surface area contributed by atoms with Crippen molar-refractivity contribution in [2.24, 2.45) is 5.73 Å². The summed E-state index contributed by atoms with van der Waals surface area (Å²) in [4.78, 5) is 0. The Morgan fingerprint density at radius 2 is 2.14 bits per heavy atom. The lowest BCUT2D eigenvalue weighted by atomic mass is 9.94. The van der Waals surface area contributed by atoms with Crippen LogP contribution in [-0.4, -0.2) is 6.54 Å². The highest BCUT2D eigenvalue weighted by Gasteiger charge is 2.45. The summed E-state index contributed by atoms with van der Waals surface area (Å²) in [6, 6.07) is 3.66. The molecule has 0 heterocycles. The van der Waals surface area contributed by atoms with Gasteiger partial charge in [-0.1, -0.05) is 15.9 Å². The first kappa shape index (κ1) is 10.1. The zero-order valence-electron chi connectivity index (χ0n) is 8.11. The van der Waals surface area contributed by atoms with Gasteiger partial charge in [-0.3, -0.25) is 0 Å². The number of aryl methyl sites for hydroxylation is 1. The van der Waals surface area contributed by atoms with Crippen LogP contribution in [0.5, 0.6) is 0 Å². The van der Waals surface area contributed by atoms with Gasteiger partial charge < -0.3 is 5.73 Å². The molecule has 1 aliphatic carbocycles. The van der Waals surface area contributed by atoms with Crippen molar-refractivity contribution < 1.29 is 4.39 Å². The summed E-state index contributed by atoms with van der Waals surface area (Å²) in [5.41, 5.74) is 7.09. The van der Waals surface area contributed by atoms with Crippen molar-refractivity contribution in [3.8, 4) is 0 Å². The molecule has 0 amide bonds. The van der Waals surface area contributed by atoms with Gasteiger partial charge in [-0.2, -0.15) is 0 Å². The molecule has 2 N–H and O–H groups in total. The molecule has 0 atom stereocenters. The first-order valence-corrected chi connectivity index (χ1v) is 5.54. The van der Waals surface area contributed by atoms with Crippen LogP contribution in [0.3, 0.4) is 0 Å². The van der Waals surface area contributed by atoms with Crippen LogP contribution in [0, 0.1) is 12.7 Å². The summed E-state index contributed by atoms with van der Waals surface area (Å²) >= 11 is 3.39. The fourth-order valence-corrected chi connectivity index (χ4v) is 2.42. The summed E-state index contributed by atoms with van der Waals surface area (Å²) in [5.74, 6) is -0.0869.